The minimum Gasteiger partial charge on any atom is -0.497 e. The van der Waals surface area contributed by atoms with Crippen LogP contribution in [0.1, 0.15) is 5.69 Å². The smallest absolute Gasteiger partial charge is 0.275 e. The predicted octanol–water partition coefficient (Wildman–Crippen LogP) is 3.54. The van der Waals surface area contributed by atoms with Crippen molar-refractivity contribution in [2.45, 2.75) is 13.5 Å². The van der Waals surface area contributed by atoms with Crippen LogP contribution in [-0.2, 0) is 11.3 Å². The molecule has 0 bridgehead atoms. The minimum atomic E-state index is -0.548. The van der Waals surface area contributed by atoms with E-state index in [0.29, 0.717) is 11.5 Å². The first-order valence-electron chi connectivity index (χ1n) is 8.34. The molecule has 0 aliphatic carbocycles. The van der Waals surface area contributed by atoms with Gasteiger partial charge in [0.05, 0.1) is 29.5 Å². The Labute approximate surface area is 160 Å². The van der Waals surface area contributed by atoms with Crippen LogP contribution in [0.4, 0.5) is 11.4 Å². The molecule has 0 spiro atoms. The molecular weight excluding hydrogens is 364 g/mol. The van der Waals surface area contributed by atoms with Gasteiger partial charge < -0.3 is 14.8 Å². The lowest BCUT2D eigenvalue weighted by atomic mass is 10.2. The number of aromatic nitrogens is 2. The van der Waals surface area contributed by atoms with Crippen molar-refractivity contribution < 1.29 is 19.2 Å². The molecule has 1 heterocycles. The molecule has 0 aliphatic heterocycles. The van der Waals surface area contributed by atoms with Gasteiger partial charge in [0.25, 0.3) is 5.69 Å². The summed E-state index contributed by atoms with van der Waals surface area (Å²) < 4.78 is 12.3. The second-order valence-electron chi connectivity index (χ2n) is 5.95. The van der Waals surface area contributed by atoms with Crippen LogP contribution < -0.4 is 14.8 Å². The number of nitrogens with zero attached hydrogens (tertiary/aromatic N) is 3. The molecule has 28 heavy (non-hydrogen) atoms. The first-order valence-corrected chi connectivity index (χ1v) is 8.34. The summed E-state index contributed by atoms with van der Waals surface area (Å²) in [6.45, 7) is 1.81. The highest BCUT2D eigenvalue weighted by molar-refractivity contribution is 5.91. The van der Waals surface area contributed by atoms with Gasteiger partial charge in [0.1, 0.15) is 23.8 Å². The third-order valence-electron chi connectivity index (χ3n) is 3.76. The zero-order valence-electron chi connectivity index (χ0n) is 15.3. The number of ether oxygens (including phenoxy) is 2. The molecule has 1 N–H and O–H groups in total. The maximum atomic E-state index is 12.2. The summed E-state index contributed by atoms with van der Waals surface area (Å²) in [5.41, 5.74) is 0.848. The van der Waals surface area contributed by atoms with Gasteiger partial charge in [-0.25, -0.2) is 0 Å². The Kier molecular flexibility index (Phi) is 5.54. The summed E-state index contributed by atoms with van der Waals surface area (Å²) in [7, 11) is 1.55. The van der Waals surface area contributed by atoms with Crippen LogP contribution in [-0.4, -0.2) is 27.7 Å². The Morgan fingerprint density at radius 1 is 1.14 bits per heavy atom. The van der Waals surface area contributed by atoms with E-state index in [-0.39, 0.29) is 29.6 Å². The van der Waals surface area contributed by atoms with Gasteiger partial charge in [-0.3, -0.25) is 19.6 Å². The first-order chi connectivity index (χ1) is 13.4. The third kappa shape index (κ3) is 4.85. The fraction of sp³-hybridized carbons (Fsp3) is 0.158. The second-order valence-corrected chi connectivity index (χ2v) is 5.95. The minimum absolute atomic E-state index is 0.00873. The van der Waals surface area contributed by atoms with Crippen LogP contribution in [0.2, 0.25) is 0 Å². The number of hydrogen-bond donors (Lipinski definition) is 1. The Morgan fingerprint density at radius 2 is 1.86 bits per heavy atom. The molecule has 1 aromatic heterocycles. The molecule has 9 heteroatoms. The van der Waals surface area contributed by atoms with E-state index in [1.807, 2.05) is 6.92 Å². The van der Waals surface area contributed by atoms with E-state index in [0.717, 1.165) is 5.69 Å². The number of nitrogens with one attached hydrogen (secondary N) is 1. The molecular formula is C19H18N4O5. The van der Waals surface area contributed by atoms with Crippen molar-refractivity contribution >= 4 is 17.3 Å². The van der Waals surface area contributed by atoms with Crippen LogP contribution >= 0.6 is 0 Å². The number of benzene rings is 2. The topological polar surface area (TPSA) is 109 Å². The molecule has 3 rings (SSSR count). The van der Waals surface area contributed by atoms with E-state index in [4.69, 9.17) is 9.47 Å². The molecule has 3 aromatic rings. The molecule has 144 valence electrons. The van der Waals surface area contributed by atoms with E-state index >= 15 is 0 Å². The Morgan fingerprint density at radius 3 is 2.46 bits per heavy atom. The number of carbonyl (C=O) groups excluding carboxylic acids is 1. The van der Waals surface area contributed by atoms with Crippen LogP contribution in [0.25, 0.3) is 0 Å². The monoisotopic (exact) mass is 382 g/mol. The van der Waals surface area contributed by atoms with Gasteiger partial charge in [0.15, 0.2) is 0 Å². The molecule has 0 unspecified atom stereocenters. The Balaban J connectivity index is 1.78. The van der Waals surface area contributed by atoms with Gasteiger partial charge >= 0.3 is 0 Å². The van der Waals surface area contributed by atoms with E-state index in [1.54, 1.807) is 43.6 Å². The zero-order chi connectivity index (χ0) is 20.1. The maximum absolute atomic E-state index is 12.2. The number of non-ortho nitro benzene ring substituents is 1. The normalized spacial score (nSPS) is 10.4. The predicted molar refractivity (Wildman–Crippen MR) is 102 cm³/mol. The molecule has 0 saturated carbocycles. The lowest BCUT2D eigenvalue weighted by Gasteiger charge is -2.10. The summed E-state index contributed by atoms with van der Waals surface area (Å²) in [6, 6.07) is 12.6. The first kappa shape index (κ1) is 18.9. The van der Waals surface area contributed by atoms with Crippen molar-refractivity contribution in [3.8, 4) is 17.2 Å². The van der Waals surface area contributed by atoms with Crippen LogP contribution in [0.5, 0.6) is 17.2 Å². The van der Waals surface area contributed by atoms with Gasteiger partial charge in [-0.05, 0) is 37.3 Å². The van der Waals surface area contributed by atoms with Crippen LogP contribution in [0.15, 0.2) is 54.7 Å². The molecule has 0 aliphatic rings. The summed E-state index contributed by atoms with van der Waals surface area (Å²) >= 11 is 0. The SMILES string of the molecule is COc1ccc(Oc2cc(NC(=O)Cn3ccc(C)n3)cc([N+](=O)[O-])c2)cc1. The van der Waals surface area contributed by atoms with E-state index in [2.05, 4.69) is 10.4 Å². The van der Waals surface area contributed by atoms with Crippen LogP contribution in [0, 0.1) is 17.0 Å². The number of hydrogen-bond acceptors (Lipinski definition) is 6. The second kappa shape index (κ2) is 8.21. The number of aryl methyl sites for hydroxylation is 1. The highest BCUT2D eigenvalue weighted by Gasteiger charge is 2.14. The summed E-state index contributed by atoms with van der Waals surface area (Å²) in [5.74, 6) is 1.00. The van der Waals surface area contributed by atoms with Gasteiger partial charge in [0.2, 0.25) is 5.91 Å². The average molecular weight is 382 g/mol. The standard InChI is InChI=1S/C19H18N4O5/c1-13-7-8-22(21-13)12-19(24)20-14-9-15(23(25)26)11-18(10-14)28-17-5-3-16(27-2)4-6-17/h3-11H,12H2,1-2H3,(H,20,24). The highest BCUT2D eigenvalue weighted by atomic mass is 16.6. The van der Waals surface area contributed by atoms with Crippen molar-refractivity contribution in [3.63, 3.8) is 0 Å². The van der Waals surface area contributed by atoms with Gasteiger partial charge in [-0.15, -0.1) is 0 Å². The van der Waals surface area contributed by atoms with Crippen molar-refractivity contribution in [1.29, 1.82) is 0 Å². The molecule has 1 amide bonds. The van der Waals surface area contributed by atoms with Gasteiger partial charge in [-0.1, -0.05) is 0 Å². The number of anilines is 1. The molecule has 0 fully saturated rings. The highest BCUT2D eigenvalue weighted by Crippen LogP contribution is 2.30. The summed E-state index contributed by atoms with van der Waals surface area (Å²) in [4.78, 5) is 22.9. The van der Waals surface area contributed by atoms with E-state index in [9.17, 15) is 14.9 Å². The Bertz CT molecular complexity index is 998. The lowest BCUT2D eigenvalue weighted by molar-refractivity contribution is -0.384. The van der Waals surface area contributed by atoms with Crippen molar-refractivity contribution in [2.24, 2.45) is 0 Å². The number of amides is 1. The van der Waals surface area contributed by atoms with Crippen molar-refractivity contribution in [1.82, 2.24) is 9.78 Å². The van der Waals surface area contributed by atoms with Crippen LogP contribution in [0.3, 0.4) is 0 Å². The number of nitro benzene ring substituents is 1. The summed E-state index contributed by atoms with van der Waals surface area (Å²) in [5, 5.41) is 18.0. The fourth-order valence-corrected chi connectivity index (χ4v) is 2.50. The van der Waals surface area contributed by atoms with Crippen molar-refractivity contribution in [2.75, 3.05) is 12.4 Å². The number of methoxy groups -OCH3 is 1. The molecule has 0 radical (unpaired) electrons. The Hall–Kier alpha value is -3.88. The van der Waals surface area contributed by atoms with Gasteiger partial charge in [-0.2, -0.15) is 5.10 Å². The molecule has 0 saturated heterocycles. The lowest BCUT2D eigenvalue weighted by Crippen LogP contribution is -2.19. The fourth-order valence-electron chi connectivity index (χ4n) is 2.50. The number of nitro groups is 1. The maximum Gasteiger partial charge on any atom is 0.275 e. The van der Waals surface area contributed by atoms with E-state index in [1.165, 1.54) is 22.9 Å². The number of rotatable bonds is 7. The quantitative estimate of drug-likeness (QED) is 0.494. The molecule has 9 nitrogen and oxygen atoms in total. The zero-order valence-corrected chi connectivity index (χ0v) is 15.3. The van der Waals surface area contributed by atoms with E-state index < -0.39 is 4.92 Å². The van der Waals surface area contributed by atoms with Crippen molar-refractivity contribution in [3.05, 3.63) is 70.5 Å². The molecule has 0 atom stereocenters. The number of carbonyl (C=O) groups is 1. The average Bonchev–Trinajstić information content (AvgIpc) is 3.06. The third-order valence-corrected chi connectivity index (χ3v) is 3.76. The largest absolute Gasteiger partial charge is 0.497 e. The summed E-state index contributed by atoms with van der Waals surface area (Å²) in [6.07, 6.45) is 1.68. The molecule has 2 aromatic carbocycles. The van der Waals surface area contributed by atoms with Gasteiger partial charge in [0, 0.05) is 18.3 Å².